The van der Waals surface area contributed by atoms with Crippen molar-refractivity contribution in [2.75, 3.05) is 18.0 Å². The maximum Gasteiger partial charge on any atom is 0.110 e. The summed E-state index contributed by atoms with van der Waals surface area (Å²) in [6, 6.07) is 9.29. The van der Waals surface area contributed by atoms with E-state index in [4.69, 9.17) is 0 Å². The number of hydrogen-bond acceptors (Lipinski definition) is 3. The van der Waals surface area contributed by atoms with Crippen LogP contribution in [0.5, 0.6) is 0 Å². The van der Waals surface area contributed by atoms with Crippen molar-refractivity contribution in [3.8, 4) is 0 Å². The van der Waals surface area contributed by atoms with Crippen LogP contribution in [0.4, 0.5) is 5.69 Å². The van der Waals surface area contributed by atoms with Crippen LogP contribution < -0.4 is 10.2 Å². The first-order valence-corrected chi connectivity index (χ1v) is 7.80. The third-order valence-electron chi connectivity index (χ3n) is 4.37. The molecular weight excluding hydrogens is 260 g/mol. The second kappa shape index (κ2) is 6.31. The highest BCUT2D eigenvalue weighted by Crippen LogP contribution is 2.24. The molecule has 0 spiro atoms. The lowest BCUT2D eigenvalue weighted by atomic mass is 10.1. The molecule has 0 saturated heterocycles. The summed E-state index contributed by atoms with van der Waals surface area (Å²) in [5, 5.41) is 3.66. The number of imidazole rings is 1. The largest absolute Gasteiger partial charge is 0.369 e. The van der Waals surface area contributed by atoms with Gasteiger partial charge in [-0.1, -0.05) is 25.1 Å². The Morgan fingerprint density at radius 3 is 2.95 bits per heavy atom. The zero-order valence-corrected chi connectivity index (χ0v) is 12.9. The molecule has 1 unspecified atom stereocenters. The van der Waals surface area contributed by atoms with Crippen LogP contribution in [-0.4, -0.2) is 28.7 Å². The summed E-state index contributed by atoms with van der Waals surface area (Å²) in [4.78, 5) is 6.95. The number of nitrogens with zero attached hydrogens (tertiary/aromatic N) is 3. The molecule has 2 aromatic rings. The highest BCUT2D eigenvalue weighted by Gasteiger charge is 2.20. The number of rotatable bonds is 4. The van der Waals surface area contributed by atoms with Crippen molar-refractivity contribution < 1.29 is 0 Å². The van der Waals surface area contributed by atoms with Gasteiger partial charge >= 0.3 is 0 Å². The van der Waals surface area contributed by atoms with Gasteiger partial charge in [-0.25, -0.2) is 4.98 Å². The molecular formula is C17H24N4. The number of para-hydroxylation sites is 1. The second-order valence-corrected chi connectivity index (χ2v) is 5.77. The van der Waals surface area contributed by atoms with Gasteiger partial charge in [0, 0.05) is 57.2 Å². The number of anilines is 1. The molecule has 1 aromatic carbocycles. The molecule has 1 aromatic heterocycles. The summed E-state index contributed by atoms with van der Waals surface area (Å²) in [6.07, 6.45) is 6.03. The van der Waals surface area contributed by atoms with Gasteiger partial charge in [0.1, 0.15) is 5.82 Å². The lowest BCUT2D eigenvalue weighted by Gasteiger charge is -2.27. The Kier molecular flexibility index (Phi) is 4.25. The Hall–Kier alpha value is -1.81. The molecule has 0 fully saturated rings. The van der Waals surface area contributed by atoms with Crippen LogP contribution in [0.3, 0.4) is 0 Å². The molecule has 0 aliphatic carbocycles. The van der Waals surface area contributed by atoms with Crippen molar-refractivity contribution in [2.45, 2.75) is 32.4 Å². The minimum atomic E-state index is 0.554. The first kappa shape index (κ1) is 14.1. The van der Waals surface area contributed by atoms with E-state index in [0.717, 1.165) is 38.3 Å². The van der Waals surface area contributed by atoms with Crippen molar-refractivity contribution in [2.24, 2.45) is 7.05 Å². The van der Waals surface area contributed by atoms with Gasteiger partial charge in [-0.3, -0.25) is 0 Å². The second-order valence-electron chi connectivity index (χ2n) is 5.77. The molecule has 21 heavy (non-hydrogen) atoms. The summed E-state index contributed by atoms with van der Waals surface area (Å²) < 4.78 is 2.11. The van der Waals surface area contributed by atoms with Crippen LogP contribution in [0.1, 0.15) is 24.7 Å². The van der Waals surface area contributed by atoms with E-state index >= 15 is 0 Å². The summed E-state index contributed by atoms with van der Waals surface area (Å²) in [5.41, 5.74) is 2.77. The van der Waals surface area contributed by atoms with E-state index in [2.05, 4.69) is 58.0 Å². The van der Waals surface area contributed by atoms with E-state index < -0.39 is 0 Å². The van der Waals surface area contributed by atoms with Crippen LogP contribution in [0.25, 0.3) is 0 Å². The highest BCUT2D eigenvalue weighted by molar-refractivity contribution is 5.54. The predicted molar refractivity (Wildman–Crippen MR) is 86.5 cm³/mol. The molecule has 1 aliphatic rings. The average Bonchev–Trinajstić information content (AvgIpc) is 2.83. The van der Waals surface area contributed by atoms with Crippen LogP contribution in [-0.2, 0) is 20.0 Å². The van der Waals surface area contributed by atoms with Crippen molar-refractivity contribution in [1.82, 2.24) is 14.9 Å². The van der Waals surface area contributed by atoms with Crippen LogP contribution in [0.15, 0.2) is 36.7 Å². The first-order valence-electron chi connectivity index (χ1n) is 7.80. The SMILES string of the molecule is CCC1CN(CCc2nccn2C)c2ccccc2CN1. The molecule has 1 N–H and O–H groups in total. The molecule has 4 heteroatoms. The summed E-state index contributed by atoms with van der Waals surface area (Å²) >= 11 is 0. The number of hydrogen-bond donors (Lipinski definition) is 1. The Balaban J connectivity index is 1.79. The molecule has 112 valence electrons. The Morgan fingerprint density at radius 1 is 1.33 bits per heavy atom. The zero-order chi connectivity index (χ0) is 14.7. The van der Waals surface area contributed by atoms with Crippen LogP contribution >= 0.6 is 0 Å². The standard InChI is InChI=1S/C17H24N4/c1-3-15-13-21(10-8-17-18-9-11-20(17)2)16-7-5-4-6-14(16)12-19-15/h4-7,9,11,15,19H,3,8,10,12-13H2,1-2H3. The molecule has 2 heterocycles. The lowest BCUT2D eigenvalue weighted by molar-refractivity contribution is 0.502. The number of nitrogens with one attached hydrogen (secondary N) is 1. The smallest absolute Gasteiger partial charge is 0.110 e. The molecule has 1 aliphatic heterocycles. The summed E-state index contributed by atoms with van der Waals surface area (Å²) in [6.45, 7) is 5.30. The molecule has 0 saturated carbocycles. The van der Waals surface area contributed by atoms with Crippen molar-refractivity contribution >= 4 is 5.69 Å². The van der Waals surface area contributed by atoms with Gasteiger partial charge in [0.05, 0.1) is 0 Å². The topological polar surface area (TPSA) is 33.1 Å². The lowest BCUT2D eigenvalue weighted by Crippen LogP contribution is -2.38. The van der Waals surface area contributed by atoms with E-state index in [1.54, 1.807) is 0 Å². The number of aromatic nitrogens is 2. The fourth-order valence-corrected chi connectivity index (χ4v) is 3.01. The molecule has 1 atom stereocenters. The van der Waals surface area contributed by atoms with Gasteiger partial charge in [0.2, 0.25) is 0 Å². The third kappa shape index (κ3) is 3.10. The number of fused-ring (bicyclic) bond motifs is 1. The van der Waals surface area contributed by atoms with Gasteiger partial charge in [-0.15, -0.1) is 0 Å². The number of aryl methyl sites for hydroxylation is 1. The van der Waals surface area contributed by atoms with Gasteiger partial charge in [0.15, 0.2) is 0 Å². The van der Waals surface area contributed by atoms with Gasteiger partial charge in [-0.2, -0.15) is 0 Å². The van der Waals surface area contributed by atoms with E-state index in [1.807, 2.05) is 12.4 Å². The van der Waals surface area contributed by atoms with E-state index in [-0.39, 0.29) is 0 Å². The molecule has 0 radical (unpaired) electrons. The van der Waals surface area contributed by atoms with Gasteiger partial charge in [-0.05, 0) is 18.1 Å². The summed E-state index contributed by atoms with van der Waals surface area (Å²) in [5.74, 6) is 1.15. The molecule has 3 rings (SSSR count). The molecule has 0 amide bonds. The molecule has 0 bridgehead atoms. The maximum atomic E-state index is 4.44. The fraction of sp³-hybridized carbons (Fsp3) is 0.471. The van der Waals surface area contributed by atoms with Crippen LogP contribution in [0.2, 0.25) is 0 Å². The normalized spacial score (nSPS) is 18.4. The van der Waals surface area contributed by atoms with Gasteiger partial charge < -0.3 is 14.8 Å². The van der Waals surface area contributed by atoms with Crippen molar-refractivity contribution in [3.05, 3.63) is 48.0 Å². The van der Waals surface area contributed by atoms with E-state index in [9.17, 15) is 0 Å². The first-order chi connectivity index (χ1) is 10.3. The number of benzene rings is 1. The quantitative estimate of drug-likeness (QED) is 0.935. The van der Waals surface area contributed by atoms with E-state index in [0.29, 0.717) is 6.04 Å². The van der Waals surface area contributed by atoms with Gasteiger partial charge in [0.25, 0.3) is 0 Å². The molecule has 4 nitrogen and oxygen atoms in total. The average molecular weight is 284 g/mol. The Bertz CT molecular complexity index is 590. The zero-order valence-electron chi connectivity index (χ0n) is 12.9. The summed E-state index contributed by atoms with van der Waals surface area (Å²) in [7, 11) is 2.06. The third-order valence-corrected chi connectivity index (χ3v) is 4.37. The maximum absolute atomic E-state index is 4.44. The highest BCUT2D eigenvalue weighted by atomic mass is 15.2. The fourth-order valence-electron chi connectivity index (χ4n) is 3.01. The van der Waals surface area contributed by atoms with E-state index in [1.165, 1.54) is 11.3 Å². The minimum absolute atomic E-state index is 0.554. The minimum Gasteiger partial charge on any atom is -0.369 e. The van der Waals surface area contributed by atoms with Crippen LogP contribution in [0, 0.1) is 0 Å². The monoisotopic (exact) mass is 284 g/mol. The predicted octanol–water partition coefficient (Wildman–Crippen LogP) is 2.35. The van der Waals surface area contributed by atoms with Crippen molar-refractivity contribution in [3.63, 3.8) is 0 Å². The Labute approximate surface area is 126 Å². The Morgan fingerprint density at radius 2 is 2.19 bits per heavy atom. The van der Waals surface area contributed by atoms with Crippen molar-refractivity contribution in [1.29, 1.82) is 0 Å².